The zero-order chi connectivity index (χ0) is 15.4. The largest absolute Gasteiger partial charge is 0.298 e. The predicted octanol–water partition coefficient (Wildman–Crippen LogP) is 2.22. The molecule has 0 aromatic heterocycles. The van der Waals surface area contributed by atoms with Crippen molar-refractivity contribution in [1.29, 1.82) is 0 Å². The standard InChI is InChI=1S/C19H20O3/c1-19(2)11-4-3-8(18(19)22)14-9-7-10(15(11)14)17-13(21)6-5-12(20)16(9)17/h3-6,8-11,14-17H,7H2,1-2H3/t8-,9-,10+,11+,14-,15-,16+,17-/m0/s1. The lowest BCUT2D eigenvalue weighted by molar-refractivity contribution is -0.152. The van der Waals surface area contributed by atoms with Gasteiger partial charge in [-0.2, -0.15) is 0 Å². The van der Waals surface area contributed by atoms with Crippen LogP contribution in [-0.2, 0) is 14.4 Å². The van der Waals surface area contributed by atoms with E-state index in [2.05, 4.69) is 26.0 Å². The van der Waals surface area contributed by atoms with Crippen LogP contribution in [0.5, 0.6) is 0 Å². The molecule has 0 unspecified atom stereocenters. The van der Waals surface area contributed by atoms with Crippen molar-refractivity contribution in [1.82, 2.24) is 0 Å². The molecule has 4 bridgehead atoms. The fourth-order valence-electron chi connectivity index (χ4n) is 6.75. The van der Waals surface area contributed by atoms with E-state index in [4.69, 9.17) is 0 Å². The highest BCUT2D eigenvalue weighted by atomic mass is 16.1. The summed E-state index contributed by atoms with van der Waals surface area (Å²) < 4.78 is 0. The first-order valence-electron chi connectivity index (χ1n) is 8.41. The molecule has 3 heteroatoms. The van der Waals surface area contributed by atoms with E-state index in [1.54, 1.807) is 0 Å². The molecular formula is C19H20O3. The van der Waals surface area contributed by atoms with Gasteiger partial charge in [0.25, 0.3) is 0 Å². The highest BCUT2D eigenvalue weighted by Gasteiger charge is 2.70. The van der Waals surface area contributed by atoms with E-state index >= 15 is 0 Å². The van der Waals surface area contributed by atoms with Crippen LogP contribution in [0.15, 0.2) is 24.3 Å². The molecule has 6 rings (SSSR count). The Morgan fingerprint density at radius 3 is 2.14 bits per heavy atom. The number of Topliss-reactive ketones (excluding diaryl/α,β-unsaturated/α-hetero) is 1. The van der Waals surface area contributed by atoms with Crippen LogP contribution >= 0.6 is 0 Å². The molecule has 0 saturated heterocycles. The minimum atomic E-state index is -0.321. The van der Waals surface area contributed by atoms with E-state index in [0.717, 1.165) is 6.42 Å². The van der Waals surface area contributed by atoms with E-state index in [1.807, 2.05) is 0 Å². The van der Waals surface area contributed by atoms with E-state index < -0.39 is 0 Å². The Balaban J connectivity index is 1.65. The normalized spacial score (nSPS) is 53.1. The van der Waals surface area contributed by atoms with Crippen LogP contribution in [0.3, 0.4) is 0 Å². The van der Waals surface area contributed by atoms with Crippen LogP contribution in [0.2, 0.25) is 0 Å². The summed E-state index contributed by atoms with van der Waals surface area (Å²) in [6.45, 7) is 4.12. The zero-order valence-corrected chi connectivity index (χ0v) is 12.9. The number of rotatable bonds is 0. The van der Waals surface area contributed by atoms with E-state index in [9.17, 15) is 14.4 Å². The molecule has 0 aromatic carbocycles. The summed E-state index contributed by atoms with van der Waals surface area (Å²) in [6.07, 6.45) is 8.25. The molecule has 3 nitrogen and oxygen atoms in total. The molecular weight excluding hydrogens is 276 g/mol. The Morgan fingerprint density at radius 2 is 1.50 bits per heavy atom. The summed E-state index contributed by atoms with van der Waals surface area (Å²) in [5.41, 5.74) is -0.321. The monoisotopic (exact) mass is 296 g/mol. The number of carbonyl (C=O) groups excluding carboxylic acids is 3. The molecule has 22 heavy (non-hydrogen) atoms. The lowest BCUT2D eigenvalue weighted by Gasteiger charge is -2.56. The molecule has 0 N–H and O–H groups in total. The van der Waals surface area contributed by atoms with Gasteiger partial charge in [0.1, 0.15) is 5.78 Å². The first-order valence-corrected chi connectivity index (χ1v) is 8.41. The minimum absolute atomic E-state index is 0.0326. The van der Waals surface area contributed by atoms with Crippen LogP contribution in [0.1, 0.15) is 20.3 Å². The van der Waals surface area contributed by atoms with Crippen LogP contribution in [0.4, 0.5) is 0 Å². The molecule has 6 aliphatic rings. The maximum atomic E-state index is 12.8. The van der Waals surface area contributed by atoms with Crippen molar-refractivity contribution in [2.75, 3.05) is 0 Å². The van der Waals surface area contributed by atoms with Gasteiger partial charge in [-0.05, 0) is 48.2 Å². The van der Waals surface area contributed by atoms with Gasteiger partial charge in [0.15, 0.2) is 11.6 Å². The fourth-order valence-corrected chi connectivity index (χ4v) is 6.75. The van der Waals surface area contributed by atoms with Crippen molar-refractivity contribution in [3.05, 3.63) is 24.3 Å². The Kier molecular flexibility index (Phi) is 2.18. The summed E-state index contributed by atoms with van der Waals surface area (Å²) in [6, 6.07) is 0. The Bertz CT molecular complexity index is 683. The summed E-state index contributed by atoms with van der Waals surface area (Å²) in [4.78, 5) is 37.6. The van der Waals surface area contributed by atoms with Gasteiger partial charge in [-0.25, -0.2) is 0 Å². The molecule has 8 atom stereocenters. The molecule has 0 aromatic rings. The van der Waals surface area contributed by atoms with Crippen molar-refractivity contribution in [2.24, 2.45) is 52.8 Å². The van der Waals surface area contributed by atoms with Gasteiger partial charge in [-0.3, -0.25) is 14.4 Å². The smallest absolute Gasteiger partial charge is 0.159 e. The number of ketones is 3. The van der Waals surface area contributed by atoms with Gasteiger partial charge in [0, 0.05) is 23.2 Å². The molecule has 3 fully saturated rings. The third-order valence-electron chi connectivity index (χ3n) is 7.48. The topological polar surface area (TPSA) is 51.2 Å². The quantitative estimate of drug-likeness (QED) is 0.644. The maximum absolute atomic E-state index is 12.8. The number of allylic oxidation sites excluding steroid dienone is 4. The highest BCUT2D eigenvalue weighted by molar-refractivity contribution is 6.08. The van der Waals surface area contributed by atoms with Crippen molar-refractivity contribution >= 4 is 17.3 Å². The molecule has 0 aliphatic heterocycles. The third-order valence-corrected chi connectivity index (χ3v) is 7.48. The second-order valence-corrected chi connectivity index (χ2v) is 8.43. The average Bonchev–Trinajstić information content (AvgIpc) is 3.06. The molecule has 114 valence electrons. The Morgan fingerprint density at radius 1 is 0.909 bits per heavy atom. The summed E-state index contributed by atoms with van der Waals surface area (Å²) in [5, 5.41) is 0. The minimum Gasteiger partial charge on any atom is -0.298 e. The zero-order valence-electron chi connectivity index (χ0n) is 12.9. The van der Waals surface area contributed by atoms with Gasteiger partial charge in [-0.1, -0.05) is 26.0 Å². The molecule has 3 saturated carbocycles. The Labute approximate surface area is 129 Å². The van der Waals surface area contributed by atoms with Crippen LogP contribution in [0.25, 0.3) is 0 Å². The fraction of sp³-hybridized carbons (Fsp3) is 0.632. The SMILES string of the molecule is CC1(C)C(=O)[C@H]2C=C[C@@H]1[C@@H]1[C@H]3C[C@H]([C@@H]4C(=O)C=CC(=O)[C@H]34)[C@@H]12. The number of hydrogen-bond donors (Lipinski definition) is 0. The van der Waals surface area contributed by atoms with Crippen molar-refractivity contribution in [3.8, 4) is 0 Å². The molecule has 0 radical (unpaired) electrons. The number of hydrogen-bond acceptors (Lipinski definition) is 3. The first-order chi connectivity index (χ1) is 10.4. The number of fused-ring (bicyclic) bond motifs is 6. The van der Waals surface area contributed by atoms with Gasteiger partial charge >= 0.3 is 0 Å². The summed E-state index contributed by atoms with van der Waals surface area (Å²) in [7, 11) is 0. The molecule has 0 amide bonds. The van der Waals surface area contributed by atoms with E-state index in [0.29, 0.717) is 23.5 Å². The lowest BCUT2D eigenvalue weighted by atomic mass is 9.46. The van der Waals surface area contributed by atoms with E-state index in [-0.39, 0.29) is 46.6 Å². The second-order valence-electron chi connectivity index (χ2n) is 8.43. The van der Waals surface area contributed by atoms with Crippen molar-refractivity contribution in [2.45, 2.75) is 20.3 Å². The summed E-state index contributed by atoms with van der Waals surface area (Å²) >= 11 is 0. The third kappa shape index (κ3) is 1.21. The van der Waals surface area contributed by atoms with Crippen molar-refractivity contribution in [3.63, 3.8) is 0 Å². The van der Waals surface area contributed by atoms with Crippen LogP contribution in [-0.4, -0.2) is 17.3 Å². The van der Waals surface area contributed by atoms with Crippen LogP contribution in [0, 0.1) is 52.8 Å². The maximum Gasteiger partial charge on any atom is 0.159 e. The second kappa shape index (κ2) is 3.69. The van der Waals surface area contributed by atoms with Crippen molar-refractivity contribution < 1.29 is 14.4 Å². The van der Waals surface area contributed by atoms with Crippen LogP contribution < -0.4 is 0 Å². The predicted molar refractivity (Wildman–Crippen MR) is 79.6 cm³/mol. The van der Waals surface area contributed by atoms with Gasteiger partial charge in [0.05, 0.1) is 0 Å². The first kappa shape index (κ1) is 13.0. The van der Waals surface area contributed by atoms with Gasteiger partial charge in [-0.15, -0.1) is 0 Å². The van der Waals surface area contributed by atoms with E-state index in [1.165, 1.54) is 12.2 Å². The average molecular weight is 296 g/mol. The molecule has 6 aliphatic carbocycles. The molecule has 0 heterocycles. The number of carbonyl (C=O) groups is 3. The van der Waals surface area contributed by atoms with Gasteiger partial charge in [0.2, 0.25) is 0 Å². The Hall–Kier alpha value is -1.51. The lowest BCUT2D eigenvalue weighted by Crippen LogP contribution is -2.58. The highest BCUT2D eigenvalue weighted by Crippen LogP contribution is 2.69. The molecule has 0 spiro atoms. The summed E-state index contributed by atoms with van der Waals surface area (Å²) in [5.74, 6) is 1.80. The van der Waals surface area contributed by atoms with Gasteiger partial charge < -0.3 is 0 Å².